The first kappa shape index (κ1) is 15.7. The average molecular weight is 321 g/mol. The Morgan fingerprint density at radius 1 is 0.958 bits per heavy atom. The molecule has 0 bridgehead atoms. The number of carbonyl (C=O) groups excluding carboxylic acids is 1. The van der Waals surface area contributed by atoms with E-state index in [1.807, 2.05) is 31.2 Å². The standard InChI is InChI=1S/C19H16FN3O/c1-13-6-2-4-8-16(13)22-14-10-11-18(21-12-14)19(24)23-17-9-5-3-7-15(17)20/h2-12,22H,1H3,(H,23,24). The predicted octanol–water partition coefficient (Wildman–Crippen LogP) is 4.53. The third-order valence-electron chi connectivity index (χ3n) is 3.54. The Labute approximate surface area is 139 Å². The molecule has 1 heterocycles. The Kier molecular flexibility index (Phi) is 4.52. The number of aryl methyl sites for hydroxylation is 1. The molecule has 0 radical (unpaired) electrons. The molecular formula is C19H16FN3O. The van der Waals surface area contributed by atoms with Gasteiger partial charge in [0.1, 0.15) is 11.5 Å². The molecule has 0 atom stereocenters. The highest BCUT2D eigenvalue weighted by Crippen LogP contribution is 2.20. The van der Waals surface area contributed by atoms with E-state index < -0.39 is 11.7 Å². The maximum Gasteiger partial charge on any atom is 0.274 e. The van der Waals surface area contributed by atoms with Crippen LogP contribution in [0.4, 0.5) is 21.5 Å². The van der Waals surface area contributed by atoms with Gasteiger partial charge in [-0.2, -0.15) is 0 Å². The number of hydrogen-bond acceptors (Lipinski definition) is 3. The third-order valence-corrected chi connectivity index (χ3v) is 3.54. The van der Waals surface area contributed by atoms with Crippen LogP contribution in [-0.4, -0.2) is 10.9 Å². The van der Waals surface area contributed by atoms with Gasteiger partial charge in [-0.3, -0.25) is 4.79 Å². The van der Waals surface area contributed by atoms with E-state index in [4.69, 9.17) is 0 Å². The molecule has 0 fully saturated rings. The molecule has 2 aromatic carbocycles. The van der Waals surface area contributed by atoms with Crippen LogP contribution in [0.25, 0.3) is 0 Å². The van der Waals surface area contributed by atoms with Crippen molar-refractivity contribution in [1.29, 1.82) is 0 Å². The summed E-state index contributed by atoms with van der Waals surface area (Å²) >= 11 is 0. The van der Waals surface area contributed by atoms with Crippen LogP contribution in [0.5, 0.6) is 0 Å². The SMILES string of the molecule is Cc1ccccc1Nc1ccc(C(=O)Nc2ccccc2F)nc1. The lowest BCUT2D eigenvalue weighted by Crippen LogP contribution is -2.14. The predicted molar refractivity (Wildman–Crippen MR) is 93.1 cm³/mol. The van der Waals surface area contributed by atoms with Crippen LogP contribution in [0.1, 0.15) is 16.1 Å². The number of para-hydroxylation sites is 2. The van der Waals surface area contributed by atoms with Gasteiger partial charge in [0.25, 0.3) is 5.91 Å². The van der Waals surface area contributed by atoms with Gasteiger partial charge in [0, 0.05) is 5.69 Å². The summed E-state index contributed by atoms with van der Waals surface area (Å²) in [6.45, 7) is 2.01. The summed E-state index contributed by atoms with van der Waals surface area (Å²) in [6, 6.07) is 17.2. The molecule has 3 aromatic rings. The van der Waals surface area contributed by atoms with E-state index in [-0.39, 0.29) is 11.4 Å². The average Bonchev–Trinajstić information content (AvgIpc) is 2.59. The minimum Gasteiger partial charge on any atom is -0.354 e. The molecule has 0 unspecified atom stereocenters. The highest BCUT2D eigenvalue weighted by atomic mass is 19.1. The summed E-state index contributed by atoms with van der Waals surface area (Å²) in [7, 11) is 0. The largest absolute Gasteiger partial charge is 0.354 e. The zero-order chi connectivity index (χ0) is 16.9. The van der Waals surface area contributed by atoms with Gasteiger partial charge in [0.15, 0.2) is 0 Å². The third kappa shape index (κ3) is 3.57. The van der Waals surface area contributed by atoms with Crippen molar-refractivity contribution in [3.63, 3.8) is 0 Å². The van der Waals surface area contributed by atoms with Crippen LogP contribution in [0, 0.1) is 12.7 Å². The molecule has 1 aromatic heterocycles. The lowest BCUT2D eigenvalue weighted by Gasteiger charge is -2.10. The zero-order valence-corrected chi connectivity index (χ0v) is 13.1. The van der Waals surface area contributed by atoms with Crippen LogP contribution in [-0.2, 0) is 0 Å². The Balaban J connectivity index is 1.71. The van der Waals surface area contributed by atoms with Crippen LogP contribution >= 0.6 is 0 Å². The van der Waals surface area contributed by atoms with Gasteiger partial charge in [-0.15, -0.1) is 0 Å². The number of halogens is 1. The van der Waals surface area contributed by atoms with Crippen molar-refractivity contribution in [1.82, 2.24) is 4.98 Å². The smallest absolute Gasteiger partial charge is 0.274 e. The number of carbonyl (C=O) groups is 1. The summed E-state index contributed by atoms with van der Waals surface area (Å²) in [6.07, 6.45) is 1.57. The molecule has 4 nitrogen and oxygen atoms in total. The van der Waals surface area contributed by atoms with Crippen molar-refractivity contribution in [2.45, 2.75) is 6.92 Å². The molecule has 0 saturated heterocycles. The number of nitrogens with one attached hydrogen (secondary N) is 2. The van der Waals surface area contributed by atoms with Crippen LogP contribution in [0.3, 0.4) is 0 Å². The van der Waals surface area contributed by atoms with Crippen LogP contribution in [0.2, 0.25) is 0 Å². The molecule has 0 aliphatic carbocycles. The summed E-state index contributed by atoms with van der Waals surface area (Å²) < 4.78 is 13.6. The van der Waals surface area contributed by atoms with Crippen molar-refractivity contribution in [3.8, 4) is 0 Å². The maximum absolute atomic E-state index is 13.6. The number of benzene rings is 2. The summed E-state index contributed by atoms with van der Waals surface area (Å²) in [5.41, 5.74) is 3.20. The van der Waals surface area contributed by atoms with Gasteiger partial charge in [0.2, 0.25) is 0 Å². The monoisotopic (exact) mass is 321 g/mol. The number of aromatic nitrogens is 1. The molecule has 0 saturated carbocycles. The van der Waals surface area contributed by atoms with E-state index in [1.54, 1.807) is 30.5 Å². The molecule has 24 heavy (non-hydrogen) atoms. The summed E-state index contributed by atoms with van der Waals surface area (Å²) in [5.74, 6) is -0.939. The summed E-state index contributed by atoms with van der Waals surface area (Å²) in [4.78, 5) is 16.3. The van der Waals surface area contributed by atoms with Crippen LogP contribution < -0.4 is 10.6 Å². The number of pyridine rings is 1. The molecule has 0 spiro atoms. The molecule has 3 rings (SSSR count). The number of nitrogens with zero attached hydrogens (tertiary/aromatic N) is 1. The maximum atomic E-state index is 13.6. The number of anilines is 3. The van der Waals surface area contributed by atoms with Gasteiger partial charge in [-0.25, -0.2) is 9.37 Å². The first-order chi connectivity index (χ1) is 11.6. The Bertz CT molecular complexity index is 862. The topological polar surface area (TPSA) is 54.0 Å². The fourth-order valence-corrected chi connectivity index (χ4v) is 2.22. The first-order valence-electron chi connectivity index (χ1n) is 7.48. The quantitative estimate of drug-likeness (QED) is 0.742. The first-order valence-corrected chi connectivity index (χ1v) is 7.48. The van der Waals surface area contributed by atoms with E-state index in [0.717, 1.165) is 16.9 Å². The van der Waals surface area contributed by atoms with Gasteiger partial charge in [-0.1, -0.05) is 30.3 Å². The second kappa shape index (κ2) is 6.91. The molecule has 0 aliphatic rings. The van der Waals surface area contributed by atoms with Gasteiger partial charge >= 0.3 is 0 Å². The van der Waals surface area contributed by atoms with E-state index in [1.165, 1.54) is 12.1 Å². The minimum atomic E-state index is -0.483. The number of rotatable bonds is 4. The lowest BCUT2D eigenvalue weighted by atomic mass is 10.2. The van der Waals surface area contributed by atoms with E-state index in [0.29, 0.717) is 0 Å². The molecule has 2 N–H and O–H groups in total. The van der Waals surface area contributed by atoms with Crippen LogP contribution in [0.15, 0.2) is 66.9 Å². The number of hydrogen-bond donors (Lipinski definition) is 2. The molecule has 0 aliphatic heterocycles. The lowest BCUT2D eigenvalue weighted by molar-refractivity contribution is 0.102. The van der Waals surface area contributed by atoms with Crippen molar-refractivity contribution in [2.75, 3.05) is 10.6 Å². The number of amides is 1. The molecule has 1 amide bonds. The van der Waals surface area contributed by atoms with E-state index in [9.17, 15) is 9.18 Å². The van der Waals surface area contributed by atoms with Gasteiger partial charge < -0.3 is 10.6 Å². The zero-order valence-electron chi connectivity index (χ0n) is 13.1. The van der Waals surface area contributed by atoms with Crippen molar-refractivity contribution < 1.29 is 9.18 Å². The highest BCUT2D eigenvalue weighted by molar-refractivity contribution is 6.03. The van der Waals surface area contributed by atoms with Gasteiger partial charge in [-0.05, 0) is 42.8 Å². The van der Waals surface area contributed by atoms with Gasteiger partial charge in [0.05, 0.1) is 17.6 Å². The van der Waals surface area contributed by atoms with Crippen molar-refractivity contribution in [2.24, 2.45) is 0 Å². The van der Waals surface area contributed by atoms with E-state index >= 15 is 0 Å². The Morgan fingerprint density at radius 2 is 1.67 bits per heavy atom. The molecular weight excluding hydrogens is 305 g/mol. The van der Waals surface area contributed by atoms with Crippen molar-refractivity contribution >= 4 is 23.0 Å². The molecule has 5 heteroatoms. The summed E-state index contributed by atoms with van der Waals surface area (Å²) in [5, 5.41) is 5.75. The highest BCUT2D eigenvalue weighted by Gasteiger charge is 2.10. The van der Waals surface area contributed by atoms with Crippen molar-refractivity contribution in [3.05, 3.63) is 83.9 Å². The second-order valence-electron chi connectivity index (χ2n) is 5.31. The second-order valence-corrected chi connectivity index (χ2v) is 5.31. The van der Waals surface area contributed by atoms with E-state index in [2.05, 4.69) is 15.6 Å². The Hall–Kier alpha value is -3.21. The Morgan fingerprint density at radius 3 is 2.33 bits per heavy atom. The normalized spacial score (nSPS) is 10.2. The fourth-order valence-electron chi connectivity index (χ4n) is 2.22. The molecule has 120 valence electrons. The minimum absolute atomic E-state index is 0.131. The fraction of sp³-hybridized carbons (Fsp3) is 0.0526.